The Labute approximate surface area is 124 Å². The minimum absolute atomic E-state index is 0.000417. The van der Waals surface area contributed by atoms with Crippen LogP contribution in [0.3, 0.4) is 0 Å². The molecule has 0 saturated carbocycles. The number of aliphatic imine (C=N–C) groups is 1. The van der Waals surface area contributed by atoms with Crippen LogP contribution in [0.1, 0.15) is 27.7 Å². The molecule has 0 atom stereocenters. The summed E-state index contributed by atoms with van der Waals surface area (Å²) in [5.41, 5.74) is 0.753. The van der Waals surface area contributed by atoms with Gasteiger partial charge in [-0.2, -0.15) is 0 Å². The number of hydrogen-bond donors (Lipinski definition) is 0. The second-order valence-electron chi connectivity index (χ2n) is 5.63. The lowest BCUT2D eigenvalue weighted by atomic mass is 10.1. The highest BCUT2D eigenvalue weighted by molar-refractivity contribution is 8.14. The van der Waals surface area contributed by atoms with E-state index in [2.05, 4.69) is 4.99 Å². The smallest absolute Gasteiger partial charge is 0.284 e. The average molecular weight is 291 g/mol. The molecular formula is C15H21N3OS. The van der Waals surface area contributed by atoms with E-state index in [1.54, 1.807) is 21.6 Å². The SMILES string of the molecule is CCN1C(=O)N(c2ccccc2)CS/C1=N\C(C)(C)C. The summed E-state index contributed by atoms with van der Waals surface area (Å²) in [7, 11) is 0. The summed E-state index contributed by atoms with van der Waals surface area (Å²) in [5.74, 6) is 0.605. The Morgan fingerprint density at radius 3 is 2.45 bits per heavy atom. The number of rotatable bonds is 2. The number of benzene rings is 1. The number of carbonyl (C=O) groups excluding carboxylic acids is 1. The molecule has 1 heterocycles. The van der Waals surface area contributed by atoms with Gasteiger partial charge in [-0.25, -0.2) is 4.79 Å². The lowest BCUT2D eigenvalue weighted by molar-refractivity contribution is 0.229. The molecule has 0 aliphatic carbocycles. The number of urea groups is 1. The lowest BCUT2D eigenvalue weighted by Gasteiger charge is -2.36. The molecule has 1 aromatic carbocycles. The third kappa shape index (κ3) is 3.33. The summed E-state index contributed by atoms with van der Waals surface area (Å²) in [5, 5.41) is 0.817. The summed E-state index contributed by atoms with van der Waals surface area (Å²) in [6.07, 6.45) is 0. The molecule has 0 radical (unpaired) electrons. The number of carbonyl (C=O) groups is 1. The van der Waals surface area contributed by atoms with Crippen molar-refractivity contribution < 1.29 is 4.79 Å². The molecule has 1 fully saturated rings. The Hall–Kier alpha value is -1.49. The zero-order chi connectivity index (χ0) is 14.8. The molecule has 4 nitrogen and oxygen atoms in total. The quantitative estimate of drug-likeness (QED) is 0.831. The van der Waals surface area contributed by atoms with Crippen molar-refractivity contribution in [3.05, 3.63) is 30.3 Å². The van der Waals surface area contributed by atoms with Crippen molar-refractivity contribution in [3.8, 4) is 0 Å². The van der Waals surface area contributed by atoms with E-state index in [1.165, 1.54) is 0 Å². The second kappa shape index (κ2) is 5.87. The van der Waals surface area contributed by atoms with Gasteiger partial charge in [-0.05, 0) is 39.8 Å². The van der Waals surface area contributed by atoms with E-state index >= 15 is 0 Å². The molecule has 0 aromatic heterocycles. The van der Waals surface area contributed by atoms with Crippen molar-refractivity contribution in [1.29, 1.82) is 0 Å². The van der Waals surface area contributed by atoms with Crippen LogP contribution < -0.4 is 4.90 Å². The molecule has 0 unspecified atom stereocenters. The monoisotopic (exact) mass is 291 g/mol. The van der Waals surface area contributed by atoms with Crippen LogP contribution in [0.5, 0.6) is 0 Å². The Morgan fingerprint density at radius 1 is 1.25 bits per heavy atom. The number of hydrogen-bond acceptors (Lipinski definition) is 3. The van der Waals surface area contributed by atoms with Gasteiger partial charge >= 0.3 is 6.03 Å². The molecule has 5 heteroatoms. The van der Waals surface area contributed by atoms with Gasteiger partial charge in [-0.3, -0.25) is 14.8 Å². The van der Waals surface area contributed by atoms with Gasteiger partial charge in [-0.1, -0.05) is 30.0 Å². The molecule has 1 aliphatic rings. The van der Waals surface area contributed by atoms with Crippen molar-refractivity contribution >= 4 is 28.6 Å². The number of para-hydroxylation sites is 1. The minimum atomic E-state index is -0.176. The van der Waals surface area contributed by atoms with Crippen LogP contribution in [0, 0.1) is 0 Å². The van der Waals surface area contributed by atoms with Crippen LogP contribution in [-0.4, -0.2) is 34.1 Å². The number of amides is 2. The number of anilines is 1. The summed E-state index contributed by atoms with van der Waals surface area (Å²) >= 11 is 1.61. The predicted octanol–water partition coefficient (Wildman–Crippen LogP) is 3.79. The highest BCUT2D eigenvalue weighted by Crippen LogP contribution is 2.27. The van der Waals surface area contributed by atoms with Crippen molar-refractivity contribution in [2.24, 2.45) is 4.99 Å². The lowest BCUT2D eigenvalue weighted by Crippen LogP contribution is -2.50. The van der Waals surface area contributed by atoms with Crippen molar-refractivity contribution in [2.45, 2.75) is 33.2 Å². The summed E-state index contributed by atoms with van der Waals surface area (Å²) < 4.78 is 0. The third-order valence-corrected chi connectivity index (χ3v) is 3.79. The Morgan fingerprint density at radius 2 is 1.90 bits per heavy atom. The van der Waals surface area contributed by atoms with Crippen molar-refractivity contribution in [3.63, 3.8) is 0 Å². The highest BCUT2D eigenvalue weighted by atomic mass is 32.2. The molecule has 0 bridgehead atoms. The number of amidine groups is 1. The molecule has 2 rings (SSSR count). The average Bonchev–Trinajstić information content (AvgIpc) is 2.38. The van der Waals surface area contributed by atoms with Crippen LogP contribution in [0.4, 0.5) is 10.5 Å². The van der Waals surface area contributed by atoms with E-state index in [-0.39, 0.29) is 11.6 Å². The Kier molecular flexibility index (Phi) is 4.38. The van der Waals surface area contributed by atoms with E-state index in [0.717, 1.165) is 10.9 Å². The van der Waals surface area contributed by atoms with Gasteiger partial charge in [0.25, 0.3) is 0 Å². The largest absolute Gasteiger partial charge is 0.331 e. The minimum Gasteiger partial charge on any atom is -0.284 e. The van der Waals surface area contributed by atoms with Gasteiger partial charge in [0.2, 0.25) is 0 Å². The zero-order valence-corrected chi connectivity index (χ0v) is 13.3. The molecule has 2 amide bonds. The molecule has 1 saturated heterocycles. The zero-order valence-electron chi connectivity index (χ0n) is 12.5. The number of nitrogens with zero attached hydrogens (tertiary/aromatic N) is 3. The van der Waals surface area contributed by atoms with Crippen molar-refractivity contribution in [2.75, 3.05) is 17.3 Å². The van der Waals surface area contributed by atoms with Gasteiger partial charge in [0.15, 0.2) is 5.17 Å². The van der Waals surface area contributed by atoms with Gasteiger partial charge in [0, 0.05) is 12.2 Å². The molecular weight excluding hydrogens is 270 g/mol. The van der Waals surface area contributed by atoms with E-state index in [4.69, 9.17) is 0 Å². The second-order valence-corrected chi connectivity index (χ2v) is 6.54. The third-order valence-electron chi connectivity index (χ3n) is 2.83. The Balaban J connectivity index is 2.26. The first-order valence-corrected chi connectivity index (χ1v) is 7.77. The first-order valence-electron chi connectivity index (χ1n) is 6.79. The van der Waals surface area contributed by atoms with E-state index in [1.807, 2.05) is 58.0 Å². The van der Waals surface area contributed by atoms with Gasteiger partial charge in [0.05, 0.1) is 11.4 Å². The molecule has 0 spiro atoms. The highest BCUT2D eigenvalue weighted by Gasteiger charge is 2.31. The van der Waals surface area contributed by atoms with Gasteiger partial charge in [-0.15, -0.1) is 0 Å². The first kappa shape index (κ1) is 14.9. The molecule has 1 aliphatic heterocycles. The molecule has 20 heavy (non-hydrogen) atoms. The van der Waals surface area contributed by atoms with E-state index in [9.17, 15) is 4.79 Å². The summed E-state index contributed by atoms with van der Waals surface area (Å²) in [4.78, 5) is 20.8. The summed E-state index contributed by atoms with van der Waals surface area (Å²) in [6, 6.07) is 9.76. The maximum absolute atomic E-state index is 12.6. The van der Waals surface area contributed by atoms with Crippen LogP contribution in [0.2, 0.25) is 0 Å². The Bertz CT molecular complexity index is 508. The van der Waals surface area contributed by atoms with Gasteiger partial charge < -0.3 is 0 Å². The van der Waals surface area contributed by atoms with Crippen LogP contribution >= 0.6 is 11.8 Å². The molecule has 108 valence electrons. The number of thioether (sulfide) groups is 1. The van der Waals surface area contributed by atoms with Crippen molar-refractivity contribution in [1.82, 2.24) is 4.90 Å². The topological polar surface area (TPSA) is 35.9 Å². The van der Waals surface area contributed by atoms with Crippen LogP contribution in [0.15, 0.2) is 35.3 Å². The first-order chi connectivity index (χ1) is 9.42. The maximum atomic E-state index is 12.6. The fourth-order valence-corrected chi connectivity index (χ4v) is 3.13. The van der Waals surface area contributed by atoms with E-state index < -0.39 is 0 Å². The van der Waals surface area contributed by atoms with Crippen LogP contribution in [-0.2, 0) is 0 Å². The fourth-order valence-electron chi connectivity index (χ4n) is 1.93. The predicted molar refractivity (Wildman–Crippen MR) is 86.3 cm³/mol. The fraction of sp³-hybridized carbons (Fsp3) is 0.467. The van der Waals surface area contributed by atoms with E-state index in [0.29, 0.717) is 12.4 Å². The molecule has 0 N–H and O–H groups in total. The van der Waals surface area contributed by atoms with Crippen LogP contribution in [0.25, 0.3) is 0 Å². The summed E-state index contributed by atoms with van der Waals surface area (Å²) in [6.45, 7) is 8.74. The maximum Gasteiger partial charge on any atom is 0.331 e. The van der Waals surface area contributed by atoms with Gasteiger partial charge in [0.1, 0.15) is 0 Å². The standard InChI is InChI=1S/C15H21N3OS/c1-5-17-13(16-15(2,3)4)20-11-18(14(17)19)12-9-7-6-8-10-12/h6-10H,5,11H2,1-4H3/b16-13-. The molecule has 1 aromatic rings. The normalized spacial score (nSPS) is 18.8.